The van der Waals surface area contributed by atoms with Crippen LogP contribution in [0.15, 0.2) is 12.1 Å². The van der Waals surface area contributed by atoms with E-state index in [0.717, 1.165) is 40.7 Å². The molecule has 1 aromatic heterocycles. The number of rotatable bonds is 4. The van der Waals surface area contributed by atoms with Crippen LogP contribution in [-0.2, 0) is 6.42 Å². The Bertz CT molecular complexity index is 550. The molecule has 2 aromatic rings. The zero-order valence-electron chi connectivity index (χ0n) is 11.9. The molecule has 5 heteroatoms. The molecule has 108 valence electrons. The molecular weight excluding hydrogens is 272 g/mol. The van der Waals surface area contributed by atoms with E-state index in [1.165, 1.54) is 24.3 Å². The van der Waals surface area contributed by atoms with E-state index < -0.39 is 0 Å². The fourth-order valence-corrected chi connectivity index (χ4v) is 3.91. The Morgan fingerprint density at radius 2 is 1.90 bits per heavy atom. The SMILES string of the molecule is COc1cc2nc(CC3CCSCC3)[nH]c2cc1OC. The minimum absolute atomic E-state index is 0.729. The third-order valence-electron chi connectivity index (χ3n) is 3.86. The first kappa shape index (κ1) is 13.6. The van der Waals surface area contributed by atoms with E-state index in [9.17, 15) is 0 Å². The minimum Gasteiger partial charge on any atom is -0.493 e. The summed E-state index contributed by atoms with van der Waals surface area (Å²) in [4.78, 5) is 8.11. The predicted molar refractivity (Wildman–Crippen MR) is 83.0 cm³/mol. The zero-order valence-corrected chi connectivity index (χ0v) is 12.8. The summed E-state index contributed by atoms with van der Waals surface area (Å²) in [6.07, 6.45) is 3.64. The molecule has 1 saturated heterocycles. The number of benzene rings is 1. The molecule has 0 aliphatic carbocycles. The summed E-state index contributed by atoms with van der Waals surface area (Å²) in [6.45, 7) is 0. The topological polar surface area (TPSA) is 47.1 Å². The second-order valence-electron chi connectivity index (χ2n) is 5.17. The number of thioether (sulfide) groups is 1. The van der Waals surface area contributed by atoms with Crippen molar-refractivity contribution in [2.24, 2.45) is 5.92 Å². The number of H-pyrrole nitrogens is 1. The first-order chi connectivity index (χ1) is 9.80. The van der Waals surface area contributed by atoms with Crippen LogP contribution in [-0.4, -0.2) is 35.7 Å². The molecule has 1 aromatic carbocycles. The molecule has 0 radical (unpaired) electrons. The number of nitrogens with zero attached hydrogens (tertiary/aromatic N) is 1. The number of fused-ring (bicyclic) bond motifs is 1. The number of imidazole rings is 1. The van der Waals surface area contributed by atoms with Crippen molar-refractivity contribution in [1.82, 2.24) is 9.97 Å². The third kappa shape index (κ3) is 2.73. The van der Waals surface area contributed by atoms with Gasteiger partial charge in [-0.15, -0.1) is 0 Å². The Kier molecular flexibility index (Phi) is 4.05. The van der Waals surface area contributed by atoms with E-state index in [1.807, 2.05) is 12.1 Å². The Labute approximate surface area is 123 Å². The van der Waals surface area contributed by atoms with Crippen molar-refractivity contribution < 1.29 is 9.47 Å². The van der Waals surface area contributed by atoms with Crippen LogP contribution in [0.2, 0.25) is 0 Å². The van der Waals surface area contributed by atoms with E-state index >= 15 is 0 Å². The van der Waals surface area contributed by atoms with Gasteiger partial charge >= 0.3 is 0 Å². The van der Waals surface area contributed by atoms with Gasteiger partial charge in [0.2, 0.25) is 0 Å². The molecule has 0 atom stereocenters. The number of hydrogen-bond acceptors (Lipinski definition) is 4. The van der Waals surface area contributed by atoms with Crippen LogP contribution in [0.5, 0.6) is 11.5 Å². The van der Waals surface area contributed by atoms with Crippen LogP contribution in [0.4, 0.5) is 0 Å². The fraction of sp³-hybridized carbons (Fsp3) is 0.533. The fourth-order valence-electron chi connectivity index (χ4n) is 2.71. The van der Waals surface area contributed by atoms with Gasteiger partial charge in [-0.25, -0.2) is 4.98 Å². The monoisotopic (exact) mass is 292 g/mol. The normalized spacial score (nSPS) is 16.5. The molecule has 1 N–H and O–H groups in total. The maximum absolute atomic E-state index is 5.33. The van der Waals surface area contributed by atoms with Gasteiger partial charge in [-0.3, -0.25) is 0 Å². The quantitative estimate of drug-likeness (QED) is 0.939. The van der Waals surface area contributed by atoms with Crippen LogP contribution >= 0.6 is 11.8 Å². The van der Waals surface area contributed by atoms with E-state index in [1.54, 1.807) is 14.2 Å². The van der Waals surface area contributed by atoms with Gasteiger partial charge in [0.25, 0.3) is 0 Å². The van der Waals surface area contributed by atoms with Gasteiger partial charge in [-0.05, 0) is 30.3 Å². The smallest absolute Gasteiger partial charge is 0.163 e. The van der Waals surface area contributed by atoms with Gasteiger partial charge < -0.3 is 14.5 Å². The second-order valence-corrected chi connectivity index (χ2v) is 6.39. The highest BCUT2D eigenvalue weighted by Crippen LogP contribution is 2.32. The highest BCUT2D eigenvalue weighted by atomic mass is 32.2. The number of aromatic nitrogens is 2. The number of ether oxygens (including phenoxy) is 2. The molecule has 3 rings (SSSR count). The van der Waals surface area contributed by atoms with Crippen molar-refractivity contribution >= 4 is 22.8 Å². The average molecular weight is 292 g/mol. The molecule has 0 amide bonds. The molecule has 2 heterocycles. The van der Waals surface area contributed by atoms with Gasteiger partial charge in [-0.1, -0.05) is 0 Å². The van der Waals surface area contributed by atoms with Crippen molar-refractivity contribution in [2.45, 2.75) is 19.3 Å². The Morgan fingerprint density at radius 3 is 2.60 bits per heavy atom. The highest BCUT2D eigenvalue weighted by molar-refractivity contribution is 7.99. The molecule has 1 aliphatic rings. The van der Waals surface area contributed by atoms with Gasteiger partial charge in [-0.2, -0.15) is 11.8 Å². The van der Waals surface area contributed by atoms with Crippen LogP contribution in [0.3, 0.4) is 0 Å². The van der Waals surface area contributed by atoms with Crippen LogP contribution in [0, 0.1) is 5.92 Å². The van der Waals surface area contributed by atoms with Crippen LogP contribution in [0.1, 0.15) is 18.7 Å². The summed E-state index contributed by atoms with van der Waals surface area (Å²) in [6, 6.07) is 3.90. The molecule has 4 nitrogen and oxygen atoms in total. The second kappa shape index (κ2) is 5.95. The average Bonchev–Trinajstić information content (AvgIpc) is 2.87. The summed E-state index contributed by atoms with van der Waals surface area (Å²) in [5.74, 6) is 5.88. The van der Waals surface area contributed by atoms with E-state index in [0.29, 0.717) is 0 Å². The van der Waals surface area contributed by atoms with E-state index in [-0.39, 0.29) is 0 Å². The third-order valence-corrected chi connectivity index (χ3v) is 4.91. The summed E-state index contributed by atoms with van der Waals surface area (Å²) in [7, 11) is 3.30. The van der Waals surface area contributed by atoms with Crippen molar-refractivity contribution in [3.05, 3.63) is 18.0 Å². The highest BCUT2D eigenvalue weighted by Gasteiger charge is 2.17. The Morgan fingerprint density at radius 1 is 1.20 bits per heavy atom. The number of methoxy groups -OCH3 is 2. The summed E-state index contributed by atoms with van der Waals surface area (Å²) in [5.41, 5.74) is 1.96. The van der Waals surface area contributed by atoms with Gasteiger partial charge in [0, 0.05) is 18.6 Å². The largest absolute Gasteiger partial charge is 0.493 e. The number of hydrogen-bond donors (Lipinski definition) is 1. The van der Waals surface area contributed by atoms with E-state index in [4.69, 9.17) is 14.5 Å². The molecular formula is C15H20N2O2S. The molecule has 0 spiro atoms. The Hall–Kier alpha value is -1.36. The Balaban J connectivity index is 1.85. The van der Waals surface area contributed by atoms with Crippen molar-refractivity contribution in [2.75, 3.05) is 25.7 Å². The molecule has 0 saturated carbocycles. The van der Waals surface area contributed by atoms with Gasteiger partial charge in [0.05, 0.1) is 25.3 Å². The first-order valence-corrected chi connectivity index (χ1v) is 8.14. The molecule has 0 unspecified atom stereocenters. The predicted octanol–water partition coefficient (Wildman–Crippen LogP) is 3.27. The molecule has 0 bridgehead atoms. The lowest BCUT2D eigenvalue weighted by molar-refractivity contribution is 0.356. The van der Waals surface area contributed by atoms with Crippen LogP contribution < -0.4 is 9.47 Å². The van der Waals surface area contributed by atoms with E-state index in [2.05, 4.69) is 16.7 Å². The first-order valence-electron chi connectivity index (χ1n) is 6.98. The van der Waals surface area contributed by atoms with Crippen molar-refractivity contribution in [1.29, 1.82) is 0 Å². The van der Waals surface area contributed by atoms with Crippen molar-refractivity contribution in [3.8, 4) is 11.5 Å². The van der Waals surface area contributed by atoms with Crippen molar-refractivity contribution in [3.63, 3.8) is 0 Å². The maximum Gasteiger partial charge on any atom is 0.163 e. The maximum atomic E-state index is 5.33. The van der Waals surface area contributed by atoms with Gasteiger partial charge in [0.1, 0.15) is 5.82 Å². The standard InChI is InChI=1S/C15H20N2O2S/c1-18-13-8-11-12(9-14(13)19-2)17-15(16-11)7-10-3-5-20-6-4-10/h8-10H,3-7H2,1-2H3,(H,16,17). The van der Waals surface area contributed by atoms with Gasteiger partial charge in [0.15, 0.2) is 11.5 Å². The number of nitrogens with one attached hydrogen (secondary N) is 1. The zero-order chi connectivity index (χ0) is 13.9. The number of aromatic amines is 1. The van der Waals surface area contributed by atoms with Crippen LogP contribution in [0.25, 0.3) is 11.0 Å². The lowest BCUT2D eigenvalue weighted by Crippen LogP contribution is -2.12. The molecule has 1 fully saturated rings. The summed E-state index contributed by atoms with van der Waals surface area (Å²) >= 11 is 2.06. The molecule has 20 heavy (non-hydrogen) atoms. The lowest BCUT2D eigenvalue weighted by Gasteiger charge is -2.19. The molecule has 1 aliphatic heterocycles. The lowest BCUT2D eigenvalue weighted by atomic mass is 9.99. The summed E-state index contributed by atoms with van der Waals surface area (Å²) < 4.78 is 10.6. The summed E-state index contributed by atoms with van der Waals surface area (Å²) in [5, 5.41) is 0. The minimum atomic E-state index is 0.729.